The van der Waals surface area contributed by atoms with Crippen LogP contribution in [0.1, 0.15) is 30.6 Å². The Morgan fingerprint density at radius 1 is 1.42 bits per heavy atom. The van der Waals surface area contributed by atoms with Crippen LogP contribution in [0.25, 0.3) is 0 Å². The number of hydrogen-bond donors (Lipinski definition) is 1. The molecule has 0 saturated heterocycles. The Bertz CT molecular complexity index is 553. The Balaban J connectivity index is 2.38. The molecule has 2 aromatic rings. The van der Waals surface area contributed by atoms with Crippen molar-refractivity contribution in [1.82, 2.24) is 15.1 Å². The molecule has 0 aliphatic carbocycles. The molecule has 19 heavy (non-hydrogen) atoms. The number of nitrogens with zero attached hydrogens (tertiary/aromatic N) is 2. The summed E-state index contributed by atoms with van der Waals surface area (Å²) in [5.41, 5.74) is 1.94. The van der Waals surface area contributed by atoms with E-state index in [2.05, 4.69) is 33.3 Å². The molecule has 0 saturated carbocycles. The van der Waals surface area contributed by atoms with Crippen molar-refractivity contribution in [3.8, 4) is 0 Å². The van der Waals surface area contributed by atoms with Crippen molar-refractivity contribution in [2.24, 2.45) is 0 Å². The molecule has 1 aromatic carbocycles. The molecule has 0 amide bonds. The maximum absolute atomic E-state index is 13.7. The van der Waals surface area contributed by atoms with Gasteiger partial charge in [-0.1, -0.05) is 13.0 Å². The fourth-order valence-electron chi connectivity index (χ4n) is 2.16. The summed E-state index contributed by atoms with van der Waals surface area (Å²) >= 11 is 3.18. The largest absolute Gasteiger partial charge is 0.308 e. The van der Waals surface area contributed by atoms with E-state index in [1.165, 1.54) is 0 Å². The van der Waals surface area contributed by atoms with E-state index in [1.54, 1.807) is 18.3 Å². The molecule has 5 heteroatoms. The highest BCUT2D eigenvalue weighted by molar-refractivity contribution is 9.10. The molecule has 102 valence electrons. The molecule has 0 bridgehead atoms. The monoisotopic (exact) mass is 325 g/mol. The van der Waals surface area contributed by atoms with Gasteiger partial charge in [-0.2, -0.15) is 5.10 Å². The number of rotatable bonds is 5. The van der Waals surface area contributed by atoms with Crippen LogP contribution in [0, 0.1) is 5.82 Å². The van der Waals surface area contributed by atoms with Crippen molar-refractivity contribution in [3.63, 3.8) is 0 Å². The van der Waals surface area contributed by atoms with Crippen LogP contribution >= 0.6 is 15.9 Å². The summed E-state index contributed by atoms with van der Waals surface area (Å²) in [4.78, 5) is 0. The van der Waals surface area contributed by atoms with Crippen molar-refractivity contribution in [2.75, 3.05) is 7.05 Å². The van der Waals surface area contributed by atoms with Crippen LogP contribution in [0.4, 0.5) is 4.39 Å². The molecule has 0 aliphatic rings. The maximum Gasteiger partial charge on any atom is 0.137 e. The molecule has 0 radical (unpaired) electrons. The van der Waals surface area contributed by atoms with Crippen LogP contribution in [0.3, 0.4) is 0 Å². The summed E-state index contributed by atoms with van der Waals surface area (Å²) in [6.07, 6.45) is 2.80. The standard InChI is InChI=1S/C14H17BrFN3/c1-3-8-19-13(6-7-18-19)14(17-2)10-4-5-11(15)12(16)9-10/h4-7,9,14,17H,3,8H2,1-2H3. The zero-order chi connectivity index (χ0) is 13.8. The van der Waals surface area contributed by atoms with Crippen LogP contribution in [0.5, 0.6) is 0 Å². The van der Waals surface area contributed by atoms with E-state index in [-0.39, 0.29) is 11.9 Å². The number of aromatic nitrogens is 2. The minimum Gasteiger partial charge on any atom is -0.308 e. The van der Waals surface area contributed by atoms with Gasteiger partial charge in [-0.3, -0.25) is 4.68 Å². The second kappa shape index (κ2) is 6.30. The van der Waals surface area contributed by atoms with E-state index >= 15 is 0 Å². The number of aryl methyl sites for hydroxylation is 1. The van der Waals surface area contributed by atoms with Crippen molar-refractivity contribution in [1.29, 1.82) is 0 Å². The number of benzene rings is 1. The lowest BCUT2D eigenvalue weighted by atomic mass is 10.0. The molecule has 1 N–H and O–H groups in total. The van der Waals surface area contributed by atoms with Crippen molar-refractivity contribution < 1.29 is 4.39 Å². The first-order valence-corrected chi connectivity index (χ1v) is 7.10. The van der Waals surface area contributed by atoms with Gasteiger partial charge in [0.15, 0.2) is 0 Å². The van der Waals surface area contributed by atoms with Gasteiger partial charge in [-0.25, -0.2) is 4.39 Å². The quantitative estimate of drug-likeness (QED) is 0.911. The molecular weight excluding hydrogens is 309 g/mol. The minimum absolute atomic E-state index is 0.0587. The normalized spacial score (nSPS) is 12.6. The molecule has 1 unspecified atom stereocenters. The predicted octanol–water partition coefficient (Wildman–Crippen LogP) is 3.50. The summed E-state index contributed by atoms with van der Waals surface area (Å²) in [6, 6.07) is 7.11. The average Bonchev–Trinajstić information content (AvgIpc) is 2.83. The lowest BCUT2D eigenvalue weighted by molar-refractivity contribution is 0.532. The third kappa shape index (κ3) is 3.04. The van der Waals surface area contributed by atoms with E-state index in [0.717, 1.165) is 24.2 Å². The molecule has 2 rings (SSSR count). The Morgan fingerprint density at radius 2 is 2.21 bits per heavy atom. The summed E-state index contributed by atoms with van der Waals surface area (Å²) in [5.74, 6) is -0.251. The van der Waals surface area contributed by atoms with Gasteiger partial charge < -0.3 is 5.32 Å². The molecule has 1 atom stereocenters. The molecule has 0 aliphatic heterocycles. The first-order chi connectivity index (χ1) is 9.17. The third-order valence-electron chi connectivity index (χ3n) is 3.05. The van der Waals surface area contributed by atoms with Gasteiger partial charge in [0.1, 0.15) is 5.82 Å². The van der Waals surface area contributed by atoms with Crippen LogP contribution in [0.15, 0.2) is 34.9 Å². The van der Waals surface area contributed by atoms with Crippen LogP contribution in [-0.2, 0) is 6.54 Å². The maximum atomic E-state index is 13.7. The van der Waals surface area contributed by atoms with E-state index in [1.807, 2.05) is 23.9 Å². The van der Waals surface area contributed by atoms with Gasteiger partial charge in [0.25, 0.3) is 0 Å². The third-order valence-corrected chi connectivity index (χ3v) is 3.69. The Kier molecular flexibility index (Phi) is 4.71. The zero-order valence-corrected chi connectivity index (χ0v) is 12.6. The average molecular weight is 326 g/mol. The molecular formula is C14H17BrFN3. The molecule has 0 spiro atoms. The molecule has 3 nitrogen and oxygen atoms in total. The van der Waals surface area contributed by atoms with E-state index in [9.17, 15) is 4.39 Å². The smallest absolute Gasteiger partial charge is 0.137 e. The summed E-state index contributed by atoms with van der Waals surface area (Å²) in [7, 11) is 1.87. The van der Waals surface area contributed by atoms with Gasteiger partial charge in [-0.05, 0) is 53.2 Å². The van der Waals surface area contributed by atoms with Crippen LogP contribution in [0.2, 0.25) is 0 Å². The molecule has 1 aromatic heterocycles. The Hall–Kier alpha value is -1.20. The second-order valence-electron chi connectivity index (χ2n) is 4.37. The van der Waals surface area contributed by atoms with E-state index < -0.39 is 0 Å². The van der Waals surface area contributed by atoms with Crippen LogP contribution < -0.4 is 5.32 Å². The number of hydrogen-bond acceptors (Lipinski definition) is 2. The van der Waals surface area contributed by atoms with E-state index in [0.29, 0.717) is 4.47 Å². The second-order valence-corrected chi connectivity index (χ2v) is 5.23. The van der Waals surface area contributed by atoms with Crippen molar-refractivity contribution >= 4 is 15.9 Å². The summed E-state index contributed by atoms with van der Waals surface area (Å²) in [5, 5.41) is 7.54. The fourth-order valence-corrected chi connectivity index (χ4v) is 2.41. The minimum atomic E-state index is -0.251. The fraction of sp³-hybridized carbons (Fsp3) is 0.357. The van der Waals surface area contributed by atoms with Gasteiger partial charge >= 0.3 is 0 Å². The van der Waals surface area contributed by atoms with Crippen LogP contribution in [-0.4, -0.2) is 16.8 Å². The number of halogens is 2. The molecule has 1 heterocycles. The topological polar surface area (TPSA) is 29.9 Å². The first kappa shape index (κ1) is 14.2. The summed E-state index contributed by atoms with van der Waals surface area (Å²) < 4.78 is 16.1. The summed E-state index contributed by atoms with van der Waals surface area (Å²) in [6.45, 7) is 2.97. The van der Waals surface area contributed by atoms with E-state index in [4.69, 9.17) is 0 Å². The zero-order valence-electron chi connectivity index (χ0n) is 11.0. The van der Waals surface area contributed by atoms with Gasteiger partial charge in [0.2, 0.25) is 0 Å². The highest BCUT2D eigenvalue weighted by Crippen LogP contribution is 2.25. The lowest BCUT2D eigenvalue weighted by Gasteiger charge is -2.18. The van der Waals surface area contributed by atoms with Gasteiger partial charge in [0, 0.05) is 12.7 Å². The van der Waals surface area contributed by atoms with Gasteiger partial charge in [0.05, 0.1) is 16.2 Å². The predicted molar refractivity (Wildman–Crippen MR) is 77.5 cm³/mol. The van der Waals surface area contributed by atoms with Crippen molar-refractivity contribution in [2.45, 2.75) is 25.9 Å². The Labute approximate surface area is 121 Å². The first-order valence-electron chi connectivity index (χ1n) is 6.31. The highest BCUT2D eigenvalue weighted by atomic mass is 79.9. The van der Waals surface area contributed by atoms with Gasteiger partial charge in [-0.15, -0.1) is 0 Å². The Morgan fingerprint density at radius 3 is 2.84 bits per heavy atom. The highest BCUT2D eigenvalue weighted by Gasteiger charge is 2.17. The molecule has 0 fully saturated rings. The van der Waals surface area contributed by atoms with Crippen molar-refractivity contribution in [3.05, 3.63) is 52.0 Å². The lowest BCUT2D eigenvalue weighted by Crippen LogP contribution is -2.21. The SMILES string of the molecule is CCCn1nccc1C(NC)c1ccc(Br)c(F)c1. The number of nitrogens with one attached hydrogen (secondary N) is 1.